The number of benzene rings is 1. The highest BCUT2D eigenvalue weighted by atomic mass is 32.2. The Morgan fingerprint density at radius 2 is 1.96 bits per heavy atom. The van der Waals surface area contributed by atoms with Crippen LogP contribution >= 0.6 is 0 Å². The summed E-state index contributed by atoms with van der Waals surface area (Å²) in [7, 11) is -3.57. The lowest BCUT2D eigenvalue weighted by Gasteiger charge is -2.08. The molecule has 0 unspecified atom stereocenters. The van der Waals surface area contributed by atoms with E-state index in [1.54, 1.807) is 47.9 Å². The number of halogens is 1. The largest absolute Gasteiger partial charge is 0.462 e. The van der Waals surface area contributed by atoms with Crippen molar-refractivity contribution in [2.75, 3.05) is 12.9 Å². The molecule has 142 valence electrons. The van der Waals surface area contributed by atoms with Crippen LogP contribution in [-0.2, 0) is 25.6 Å². The second-order valence-electron chi connectivity index (χ2n) is 5.93. The summed E-state index contributed by atoms with van der Waals surface area (Å²) < 4.78 is 47.7. The van der Waals surface area contributed by atoms with Crippen LogP contribution in [0.1, 0.15) is 22.8 Å². The summed E-state index contributed by atoms with van der Waals surface area (Å²) in [4.78, 5) is 12.4. The lowest BCUT2D eigenvalue weighted by Crippen LogP contribution is -2.05. The molecule has 0 aliphatic heterocycles. The molecule has 0 fully saturated rings. The van der Waals surface area contributed by atoms with Gasteiger partial charge in [0.15, 0.2) is 0 Å². The van der Waals surface area contributed by atoms with Gasteiger partial charge in [0, 0.05) is 17.3 Å². The Morgan fingerprint density at radius 3 is 2.63 bits per heavy atom. The Morgan fingerprint density at radius 1 is 1.19 bits per heavy atom. The zero-order valence-electron chi connectivity index (χ0n) is 14.8. The van der Waals surface area contributed by atoms with Gasteiger partial charge in [0.1, 0.15) is 5.82 Å². The van der Waals surface area contributed by atoms with Crippen molar-refractivity contribution in [3.05, 3.63) is 65.6 Å². The summed E-state index contributed by atoms with van der Waals surface area (Å²) in [5, 5.41) is 0. The van der Waals surface area contributed by atoms with Crippen LogP contribution < -0.4 is 0 Å². The Balaban J connectivity index is 2.13. The Kier molecular flexibility index (Phi) is 5.29. The van der Waals surface area contributed by atoms with E-state index in [0.717, 1.165) is 6.26 Å². The molecule has 0 atom stereocenters. The molecule has 0 aliphatic carbocycles. The molecule has 0 radical (unpaired) electrons. The van der Waals surface area contributed by atoms with Gasteiger partial charge in [-0.25, -0.2) is 9.18 Å². The second kappa shape index (κ2) is 7.50. The van der Waals surface area contributed by atoms with Crippen LogP contribution in [0.2, 0.25) is 0 Å². The van der Waals surface area contributed by atoms with Gasteiger partial charge in [-0.15, -0.1) is 0 Å². The second-order valence-corrected chi connectivity index (χ2v) is 7.58. The maximum atomic E-state index is 13.7. The van der Waals surface area contributed by atoms with Crippen LogP contribution in [0.15, 0.2) is 48.7 Å². The molecule has 27 heavy (non-hydrogen) atoms. The van der Waals surface area contributed by atoms with Crippen molar-refractivity contribution < 1.29 is 26.5 Å². The van der Waals surface area contributed by atoms with Gasteiger partial charge in [-0.2, -0.15) is 8.42 Å². The van der Waals surface area contributed by atoms with Crippen LogP contribution in [0.3, 0.4) is 0 Å². The van der Waals surface area contributed by atoms with Crippen molar-refractivity contribution in [1.29, 1.82) is 0 Å². The molecule has 0 saturated heterocycles. The van der Waals surface area contributed by atoms with E-state index in [2.05, 4.69) is 0 Å². The Hall–Kier alpha value is -2.71. The first-order chi connectivity index (χ1) is 12.8. The molecule has 3 rings (SSSR count). The van der Waals surface area contributed by atoms with Gasteiger partial charge in [-0.3, -0.25) is 4.18 Å². The summed E-state index contributed by atoms with van der Waals surface area (Å²) in [5.41, 5.74) is 2.57. The normalized spacial score (nSPS) is 11.7. The van der Waals surface area contributed by atoms with E-state index >= 15 is 0 Å². The van der Waals surface area contributed by atoms with Gasteiger partial charge in [0.05, 0.1) is 30.7 Å². The number of carbonyl (C=O) groups is 1. The predicted octanol–water partition coefficient (Wildman–Crippen LogP) is 3.40. The van der Waals surface area contributed by atoms with E-state index in [9.17, 15) is 17.6 Å². The van der Waals surface area contributed by atoms with E-state index < -0.39 is 21.9 Å². The predicted molar refractivity (Wildman–Crippen MR) is 98.4 cm³/mol. The summed E-state index contributed by atoms with van der Waals surface area (Å²) in [6.45, 7) is 1.79. The fourth-order valence-corrected chi connectivity index (χ4v) is 3.13. The number of ether oxygens (including phenoxy) is 1. The number of hydrogen-bond acceptors (Lipinski definition) is 5. The van der Waals surface area contributed by atoms with Crippen LogP contribution in [-0.4, -0.2) is 31.7 Å². The molecular weight excluding hydrogens is 373 g/mol. The average molecular weight is 391 g/mol. The van der Waals surface area contributed by atoms with Crippen molar-refractivity contribution in [3.8, 4) is 11.3 Å². The quantitative estimate of drug-likeness (QED) is 0.476. The molecular formula is C19H18FNO5S. The summed E-state index contributed by atoms with van der Waals surface area (Å²) in [5.74, 6) is -0.940. The standard InChI is InChI=1S/C19H18FNO5S/c1-3-25-19(22)17-11-16-9-13(12-26-27(2,23)24)7-8-21(16)18(17)14-5-4-6-15(20)10-14/h4-11H,3,12H2,1-2H3. The first-order valence-corrected chi connectivity index (χ1v) is 10.0. The number of esters is 1. The maximum absolute atomic E-state index is 13.7. The zero-order valence-corrected chi connectivity index (χ0v) is 15.6. The lowest BCUT2D eigenvalue weighted by molar-refractivity contribution is 0.0527. The van der Waals surface area contributed by atoms with Gasteiger partial charge in [0.2, 0.25) is 0 Å². The van der Waals surface area contributed by atoms with Gasteiger partial charge in [-0.05, 0) is 42.8 Å². The third-order valence-electron chi connectivity index (χ3n) is 3.87. The van der Waals surface area contributed by atoms with Gasteiger partial charge >= 0.3 is 5.97 Å². The van der Waals surface area contributed by atoms with Gasteiger partial charge in [-0.1, -0.05) is 12.1 Å². The highest BCUT2D eigenvalue weighted by molar-refractivity contribution is 7.85. The van der Waals surface area contributed by atoms with Gasteiger partial charge < -0.3 is 9.14 Å². The smallest absolute Gasteiger partial charge is 0.340 e. The maximum Gasteiger partial charge on any atom is 0.340 e. The van der Waals surface area contributed by atoms with E-state index in [1.807, 2.05) is 0 Å². The van der Waals surface area contributed by atoms with E-state index in [-0.39, 0.29) is 13.2 Å². The fourth-order valence-electron chi connectivity index (χ4n) is 2.78. The highest BCUT2D eigenvalue weighted by Gasteiger charge is 2.20. The van der Waals surface area contributed by atoms with E-state index in [0.29, 0.717) is 27.9 Å². The molecule has 0 saturated carbocycles. The minimum Gasteiger partial charge on any atom is -0.462 e. The van der Waals surface area contributed by atoms with Crippen molar-refractivity contribution in [1.82, 2.24) is 4.40 Å². The van der Waals surface area contributed by atoms with E-state index in [1.165, 1.54) is 12.1 Å². The lowest BCUT2D eigenvalue weighted by atomic mass is 10.1. The molecule has 8 heteroatoms. The van der Waals surface area contributed by atoms with Crippen molar-refractivity contribution >= 4 is 21.6 Å². The summed E-state index contributed by atoms with van der Waals surface area (Å²) in [6.07, 6.45) is 2.66. The number of pyridine rings is 1. The highest BCUT2D eigenvalue weighted by Crippen LogP contribution is 2.29. The number of carbonyl (C=O) groups excluding carboxylic acids is 1. The Bertz CT molecular complexity index is 1100. The topological polar surface area (TPSA) is 74.1 Å². The van der Waals surface area contributed by atoms with Crippen molar-refractivity contribution in [2.24, 2.45) is 0 Å². The fraction of sp³-hybridized carbons (Fsp3) is 0.211. The SMILES string of the molecule is CCOC(=O)c1cc2cc(COS(C)(=O)=O)ccn2c1-c1cccc(F)c1. The number of aromatic nitrogens is 1. The number of rotatable bonds is 6. The van der Waals surface area contributed by atoms with Crippen molar-refractivity contribution in [3.63, 3.8) is 0 Å². The van der Waals surface area contributed by atoms with Crippen LogP contribution in [0.25, 0.3) is 16.8 Å². The first kappa shape index (κ1) is 19.1. The molecule has 0 spiro atoms. The van der Waals surface area contributed by atoms with Crippen LogP contribution in [0.4, 0.5) is 4.39 Å². The minimum atomic E-state index is -3.57. The third kappa shape index (κ3) is 4.35. The van der Waals surface area contributed by atoms with Gasteiger partial charge in [0.25, 0.3) is 10.1 Å². The molecule has 6 nitrogen and oxygen atoms in total. The first-order valence-electron chi connectivity index (χ1n) is 8.20. The molecule has 0 bridgehead atoms. The molecule has 2 aromatic heterocycles. The zero-order chi connectivity index (χ0) is 19.6. The molecule has 3 aromatic rings. The molecule has 1 aromatic carbocycles. The average Bonchev–Trinajstić information content (AvgIpc) is 2.98. The summed E-state index contributed by atoms with van der Waals surface area (Å²) >= 11 is 0. The van der Waals surface area contributed by atoms with Crippen LogP contribution in [0, 0.1) is 5.82 Å². The number of nitrogens with zero attached hydrogens (tertiary/aromatic N) is 1. The number of hydrogen-bond donors (Lipinski definition) is 0. The van der Waals surface area contributed by atoms with Crippen molar-refractivity contribution in [2.45, 2.75) is 13.5 Å². The van der Waals surface area contributed by atoms with Crippen LogP contribution in [0.5, 0.6) is 0 Å². The minimum absolute atomic E-state index is 0.120. The van der Waals surface area contributed by atoms with E-state index in [4.69, 9.17) is 8.92 Å². The molecule has 2 heterocycles. The molecule has 0 amide bonds. The third-order valence-corrected chi connectivity index (χ3v) is 4.42. The monoisotopic (exact) mass is 391 g/mol. The Labute approximate surface area is 156 Å². The number of fused-ring (bicyclic) bond motifs is 1. The molecule has 0 aliphatic rings. The molecule has 0 N–H and O–H groups in total. The summed E-state index contributed by atoms with van der Waals surface area (Å²) in [6, 6.07) is 10.9.